The normalized spacial score (nSPS) is 15.1. The Kier molecular flexibility index (Phi) is 7.21. The first kappa shape index (κ1) is 22.0. The highest BCUT2D eigenvalue weighted by atomic mass is 16.2. The number of nitrogens with one attached hydrogen (secondary N) is 1. The largest absolute Gasteiger partial charge is 0.352 e. The highest BCUT2D eigenvalue weighted by molar-refractivity contribution is 5.97. The fourth-order valence-corrected chi connectivity index (χ4v) is 3.78. The van der Waals surface area contributed by atoms with Crippen LogP contribution in [0.3, 0.4) is 0 Å². The zero-order valence-corrected chi connectivity index (χ0v) is 18.4. The van der Waals surface area contributed by atoms with Crippen molar-refractivity contribution in [2.45, 2.75) is 33.2 Å². The number of pyridine rings is 1. The Labute approximate surface area is 179 Å². The summed E-state index contributed by atoms with van der Waals surface area (Å²) in [5.74, 6) is 0.208. The quantitative estimate of drug-likeness (QED) is 0.798. The lowest BCUT2D eigenvalue weighted by molar-refractivity contribution is 0.0820. The van der Waals surface area contributed by atoms with Crippen molar-refractivity contribution in [1.29, 1.82) is 0 Å². The molecule has 0 saturated carbocycles. The average Bonchev–Trinajstić information content (AvgIpc) is 2.74. The van der Waals surface area contributed by atoms with Gasteiger partial charge in [0.2, 0.25) is 0 Å². The van der Waals surface area contributed by atoms with Crippen LogP contribution in [0.15, 0.2) is 36.4 Å². The van der Waals surface area contributed by atoms with Gasteiger partial charge in [-0.05, 0) is 63.4 Å². The molecule has 6 nitrogen and oxygen atoms in total. The molecule has 1 aliphatic rings. The van der Waals surface area contributed by atoms with E-state index >= 15 is 0 Å². The highest BCUT2D eigenvalue weighted by Gasteiger charge is 2.21. The summed E-state index contributed by atoms with van der Waals surface area (Å²) in [5, 5.41) is 3.06. The van der Waals surface area contributed by atoms with Gasteiger partial charge in [-0.3, -0.25) is 14.5 Å². The molecular formula is C24H32N4O2. The summed E-state index contributed by atoms with van der Waals surface area (Å²) >= 11 is 0. The Balaban J connectivity index is 1.46. The smallest absolute Gasteiger partial charge is 0.271 e. The van der Waals surface area contributed by atoms with Crippen molar-refractivity contribution >= 4 is 11.8 Å². The minimum atomic E-state index is -0.164. The van der Waals surface area contributed by atoms with E-state index in [2.05, 4.69) is 46.4 Å². The van der Waals surface area contributed by atoms with Crippen LogP contribution in [0, 0.1) is 19.8 Å². The van der Waals surface area contributed by atoms with Crippen LogP contribution in [0.4, 0.5) is 0 Å². The van der Waals surface area contributed by atoms with Crippen molar-refractivity contribution in [3.8, 4) is 0 Å². The number of aromatic nitrogens is 1. The molecule has 0 aliphatic carbocycles. The molecule has 0 atom stereocenters. The minimum Gasteiger partial charge on any atom is -0.352 e. The first-order valence-electron chi connectivity index (χ1n) is 10.6. The van der Waals surface area contributed by atoms with E-state index in [4.69, 9.17) is 0 Å². The second-order valence-corrected chi connectivity index (χ2v) is 8.44. The number of benzene rings is 1. The second-order valence-electron chi connectivity index (χ2n) is 8.44. The molecule has 2 amide bonds. The molecule has 0 bridgehead atoms. The maximum absolute atomic E-state index is 12.6. The minimum absolute atomic E-state index is 0.120. The van der Waals surface area contributed by atoms with Gasteiger partial charge in [-0.1, -0.05) is 29.8 Å². The summed E-state index contributed by atoms with van der Waals surface area (Å²) in [4.78, 5) is 32.9. The van der Waals surface area contributed by atoms with Crippen LogP contribution < -0.4 is 5.32 Å². The third-order valence-corrected chi connectivity index (χ3v) is 5.74. The van der Waals surface area contributed by atoms with Crippen molar-refractivity contribution in [3.05, 3.63) is 64.5 Å². The number of rotatable bonds is 6. The fraction of sp³-hybridized carbons (Fsp3) is 0.458. The van der Waals surface area contributed by atoms with Gasteiger partial charge >= 0.3 is 0 Å². The SMILES string of the molecule is Cc1ccc(CN2CCC(CNC(=O)c3ccc(C(=O)N(C)C)nc3C)CC2)cc1. The summed E-state index contributed by atoms with van der Waals surface area (Å²) in [6.45, 7) is 7.65. The number of hydrogen-bond donors (Lipinski definition) is 1. The van der Waals surface area contributed by atoms with Crippen molar-refractivity contribution in [3.63, 3.8) is 0 Å². The van der Waals surface area contributed by atoms with Gasteiger partial charge < -0.3 is 10.2 Å². The summed E-state index contributed by atoms with van der Waals surface area (Å²) < 4.78 is 0. The number of carbonyl (C=O) groups excluding carboxylic acids is 2. The van der Waals surface area contributed by atoms with Gasteiger partial charge in [0.1, 0.15) is 5.69 Å². The molecule has 2 aromatic rings. The Bertz CT molecular complexity index is 885. The number of amides is 2. The molecule has 2 heterocycles. The highest BCUT2D eigenvalue weighted by Crippen LogP contribution is 2.19. The van der Waals surface area contributed by atoms with Crippen LogP contribution >= 0.6 is 0 Å². The summed E-state index contributed by atoms with van der Waals surface area (Å²) in [5.41, 5.74) is 4.11. The molecular weight excluding hydrogens is 376 g/mol. The van der Waals surface area contributed by atoms with E-state index in [1.54, 1.807) is 33.2 Å². The predicted molar refractivity (Wildman–Crippen MR) is 119 cm³/mol. The van der Waals surface area contributed by atoms with E-state index in [-0.39, 0.29) is 11.8 Å². The standard InChI is InChI=1S/C24H32N4O2/c1-17-5-7-20(8-6-17)16-28-13-11-19(12-14-28)15-25-23(29)21-9-10-22(26-18(21)2)24(30)27(3)4/h5-10,19H,11-16H2,1-4H3,(H,25,29). The maximum Gasteiger partial charge on any atom is 0.271 e. The van der Waals surface area contributed by atoms with Gasteiger partial charge in [-0.25, -0.2) is 4.98 Å². The molecule has 160 valence electrons. The van der Waals surface area contributed by atoms with Gasteiger partial charge in [-0.15, -0.1) is 0 Å². The zero-order chi connectivity index (χ0) is 21.7. The first-order chi connectivity index (χ1) is 14.3. The lowest BCUT2D eigenvalue weighted by Gasteiger charge is -2.32. The predicted octanol–water partition coefficient (Wildman–Crippen LogP) is 3.04. The van der Waals surface area contributed by atoms with Gasteiger partial charge in [0.15, 0.2) is 0 Å². The van der Waals surface area contributed by atoms with Crippen LogP contribution in [0.1, 0.15) is 50.5 Å². The van der Waals surface area contributed by atoms with Crippen LogP contribution in [-0.2, 0) is 6.54 Å². The number of likely N-dealkylation sites (tertiary alicyclic amines) is 1. The van der Waals surface area contributed by atoms with E-state index in [0.717, 1.165) is 32.5 Å². The topological polar surface area (TPSA) is 65.5 Å². The van der Waals surface area contributed by atoms with E-state index in [1.807, 2.05) is 0 Å². The lowest BCUT2D eigenvalue weighted by atomic mass is 9.96. The van der Waals surface area contributed by atoms with E-state index in [0.29, 0.717) is 29.4 Å². The lowest BCUT2D eigenvalue weighted by Crippen LogP contribution is -2.38. The first-order valence-corrected chi connectivity index (χ1v) is 10.6. The van der Waals surface area contributed by atoms with Gasteiger partial charge in [0.05, 0.1) is 11.3 Å². The Hall–Kier alpha value is -2.73. The summed E-state index contributed by atoms with van der Waals surface area (Å²) in [6.07, 6.45) is 2.17. The van der Waals surface area contributed by atoms with Crippen LogP contribution in [-0.4, -0.2) is 60.3 Å². The number of hydrogen-bond acceptors (Lipinski definition) is 4. The van der Waals surface area contributed by atoms with Gasteiger partial charge in [-0.2, -0.15) is 0 Å². The van der Waals surface area contributed by atoms with Crippen molar-refractivity contribution in [2.75, 3.05) is 33.7 Å². The van der Waals surface area contributed by atoms with Crippen molar-refractivity contribution < 1.29 is 9.59 Å². The molecule has 1 aromatic heterocycles. The average molecular weight is 409 g/mol. The summed E-state index contributed by atoms with van der Waals surface area (Å²) in [7, 11) is 3.37. The summed E-state index contributed by atoms with van der Waals surface area (Å²) in [6, 6.07) is 12.0. The monoisotopic (exact) mass is 408 g/mol. The molecule has 0 radical (unpaired) electrons. The fourth-order valence-electron chi connectivity index (χ4n) is 3.78. The number of nitrogens with zero attached hydrogens (tertiary/aromatic N) is 3. The second kappa shape index (κ2) is 9.85. The Morgan fingerprint density at radius 2 is 1.73 bits per heavy atom. The molecule has 1 aliphatic heterocycles. The number of aryl methyl sites for hydroxylation is 2. The van der Waals surface area contributed by atoms with Crippen molar-refractivity contribution in [1.82, 2.24) is 20.1 Å². The third-order valence-electron chi connectivity index (χ3n) is 5.74. The Morgan fingerprint density at radius 1 is 1.07 bits per heavy atom. The van der Waals surface area contributed by atoms with Crippen LogP contribution in [0.5, 0.6) is 0 Å². The third kappa shape index (κ3) is 5.66. The van der Waals surface area contributed by atoms with E-state index in [9.17, 15) is 9.59 Å². The van der Waals surface area contributed by atoms with Crippen molar-refractivity contribution in [2.24, 2.45) is 5.92 Å². The van der Waals surface area contributed by atoms with Crippen LogP contribution in [0.25, 0.3) is 0 Å². The molecule has 1 saturated heterocycles. The van der Waals surface area contributed by atoms with Gasteiger partial charge in [0.25, 0.3) is 11.8 Å². The number of piperidine rings is 1. The molecule has 0 spiro atoms. The molecule has 30 heavy (non-hydrogen) atoms. The molecule has 1 aromatic carbocycles. The Morgan fingerprint density at radius 3 is 2.33 bits per heavy atom. The van der Waals surface area contributed by atoms with E-state index in [1.165, 1.54) is 16.0 Å². The zero-order valence-electron chi connectivity index (χ0n) is 18.4. The molecule has 3 rings (SSSR count). The maximum atomic E-state index is 12.6. The number of carbonyl (C=O) groups is 2. The van der Waals surface area contributed by atoms with E-state index < -0.39 is 0 Å². The van der Waals surface area contributed by atoms with Crippen LogP contribution in [0.2, 0.25) is 0 Å². The molecule has 1 N–H and O–H groups in total. The molecule has 1 fully saturated rings. The molecule has 0 unspecified atom stereocenters. The van der Waals surface area contributed by atoms with Gasteiger partial charge in [0, 0.05) is 27.2 Å². The molecule has 6 heteroatoms.